The Hall–Kier alpha value is -1.60. The Morgan fingerprint density at radius 1 is 1.33 bits per heavy atom. The molecule has 0 atom stereocenters. The fraction of sp³-hybridized carbons (Fsp3) is 0.588. The lowest BCUT2D eigenvalue weighted by atomic mass is 9.90. The molecule has 0 radical (unpaired) electrons. The molecule has 1 fully saturated rings. The van der Waals surface area contributed by atoms with Gasteiger partial charge in [-0.1, -0.05) is 12.1 Å². The normalized spacial score (nSPS) is 19.6. The van der Waals surface area contributed by atoms with Crippen molar-refractivity contribution in [1.82, 2.24) is 4.31 Å². The zero-order valence-electron chi connectivity index (χ0n) is 14.2. The van der Waals surface area contributed by atoms with Gasteiger partial charge in [-0.15, -0.1) is 0 Å². The van der Waals surface area contributed by atoms with Crippen LogP contribution in [0.2, 0.25) is 0 Å². The highest BCUT2D eigenvalue weighted by molar-refractivity contribution is 7.89. The highest BCUT2D eigenvalue weighted by Crippen LogP contribution is 2.27. The number of guanidine groups is 1. The highest BCUT2D eigenvalue weighted by Gasteiger charge is 2.34. The van der Waals surface area contributed by atoms with E-state index in [1.807, 2.05) is 6.07 Å². The van der Waals surface area contributed by atoms with Crippen LogP contribution < -0.4 is 11.1 Å². The molecule has 1 heterocycles. The number of hydrogen-bond acceptors (Lipinski definition) is 3. The number of nitrogens with one attached hydrogen (secondary N) is 1. The van der Waals surface area contributed by atoms with Crippen LogP contribution in [0, 0.1) is 5.92 Å². The second-order valence-electron chi connectivity index (χ2n) is 6.58. The molecule has 2 aliphatic rings. The topological polar surface area (TPSA) is 87.8 Å². The first-order valence-corrected chi connectivity index (χ1v) is 10.3. The zero-order chi connectivity index (χ0) is 17.2. The Morgan fingerprint density at radius 3 is 2.83 bits per heavy atom. The van der Waals surface area contributed by atoms with Crippen molar-refractivity contribution in [1.29, 1.82) is 0 Å². The summed E-state index contributed by atoms with van der Waals surface area (Å²) in [6, 6.07) is 6.29. The molecule has 0 amide bonds. The molecule has 1 aliphatic carbocycles. The summed E-state index contributed by atoms with van der Waals surface area (Å²) in [7, 11) is -3.05. The van der Waals surface area contributed by atoms with Gasteiger partial charge in [0.05, 0.1) is 5.75 Å². The largest absolute Gasteiger partial charge is 0.370 e. The molecule has 1 aromatic rings. The first-order valence-electron chi connectivity index (χ1n) is 8.65. The van der Waals surface area contributed by atoms with Gasteiger partial charge >= 0.3 is 0 Å². The summed E-state index contributed by atoms with van der Waals surface area (Å²) in [5.74, 6) is 0.827. The monoisotopic (exact) mass is 350 g/mol. The molecule has 1 saturated heterocycles. The molecule has 132 valence electrons. The number of rotatable bonds is 5. The van der Waals surface area contributed by atoms with Crippen LogP contribution in [-0.4, -0.2) is 44.1 Å². The molecule has 0 saturated carbocycles. The van der Waals surface area contributed by atoms with E-state index in [0.717, 1.165) is 18.5 Å². The number of sulfonamides is 1. The summed E-state index contributed by atoms with van der Waals surface area (Å²) in [4.78, 5) is 4.39. The smallest absolute Gasteiger partial charge is 0.213 e. The minimum absolute atomic E-state index is 0.159. The van der Waals surface area contributed by atoms with Crippen molar-refractivity contribution >= 4 is 21.7 Å². The maximum absolute atomic E-state index is 11.7. The average molecular weight is 350 g/mol. The third kappa shape index (κ3) is 3.72. The van der Waals surface area contributed by atoms with Gasteiger partial charge in [-0.25, -0.2) is 12.7 Å². The van der Waals surface area contributed by atoms with Gasteiger partial charge in [0.2, 0.25) is 10.0 Å². The summed E-state index contributed by atoms with van der Waals surface area (Å²) >= 11 is 0. The molecule has 6 nitrogen and oxygen atoms in total. The molecule has 0 spiro atoms. The van der Waals surface area contributed by atoms with Crippen LogP contribution in [0.5, 0.6) is 0 Å². The molecule has 1 aliphatic heterocycles. The van der Waals surface area contributed by atoms with Crippen molar-refractivity contribution in [2.45, 2.75) is 32.6 Å². The number of fused-ring (bicyclic) bond motifs is 1. The number of aryl methyl sites for hydroxylation is 1. The first-order chi connectivity index (χ1) is 11.5. The zero-order valence-corrected chi connectivity index (χ0v) is 15.0. The van der Waals surface area contributed by atoms with Crippen LogP contribution in [0.15, 0.2) is 23.2 Å². The third-order valence-electron chi connectivity index (χ3n) is 4.86. The third-order valence-corrected chi connectivity index (χ3v) is 6.67. The van der Waals surface area contributed by atoms with Crippen LogP contribution in [0.25, 0.3) is 0 Å². The van der Waals surface area contributed by atoms with Crippen molar-refractivity contribution in [3.63, 3.8) is 0 Å². The number of anilines is 1. The number of nitrogens with two attached hydrogens (primary N) is 1. The van der Waals surface area contributed by atoms with E-state index in [1.165, 1.54) is 28.3 Å². The van der Waals surface area contributed by atoms with Crippen LogP contribution in [0.1, 0.15) is 30.9 Å². The number of benzene rings is 1. The van der Waals surface area contributed by atoms with E-state index >= 15 is 0 Å². The Labute approximate surface area is 144 Å². The Morgan fingerprint density at radius 2 is 2.08 bits per heavy atom. The van der Waals surface area contributed by atoms with Crippen molar-refractivity contribution in [2.24, 2.45) is 16.6 Å². The van der Waals surface area contributed by atoms with Gasteiger partial charge in [0.1, 0.15) is 0 Å². The molecule has 7 heteroatoms. The summed E-state index contributed by atoms with van der Waals surface area (Å²) in [6.07, 6.45) is 4.68. The van der Waals surface area contributed by atoms with Crippen molar-refractivity contribution < 1.29 is 8.42 Å². The molecular weight excluding hydrogens is 324 g/mol. The van der Waals surface area contributed by atoms with Crippen molar-refractivity contribution in [3.8, 4) is 0 Å². The Kier molecular flexibility index (Phi) is 5.10. The van der Waals surface area contributed by atoms with Gasteiger partial charge in [0, 0.05) is 31.2 Å². The molecule has 0 aromatic heterocycles. The summed E-state index contributed by atoms with van der Waals surface area (Å²) in [5, 5.41) is 3.22. The van der Waals surface area contributed by atoms with Crippen molar-refractivity contribution in [3.05, 3.63) is 29.3 Å². The fourth-order valence-corrected chi connectivity index (χ4v) is 4.59. The average Bonchev–Trinajstić information content (AvgIpc) is 2.53. The lowest BCUT2D eigenvalue weighted by Gasteiger charge is -2.37. The van der Waals surface area contributed by atoms with E-state index in [9.17, 15) is 8.42 Å². The molecule has 24 heavy (non-hydrogen) atoms. The SMILES string of the molecule is CCS(=O)(=O)N1CC(CN=C(N)Nc2cccc3c2CCCC3)C1. The van der Waals surface area contributed by atoms with Crippen LogP contribution in [0.4, 0.5) is 5.69 Å². The minimum atomic E-state index is -3.05. The molecular formula is C17H26N4O2S. The van der Waals surface area contributed by atoms with Gasteiger partial charge < -0.3 is 11.1 Å². The molecule has 3 N–H and O–H groups in total. The van der Waals surface area contributed by atoms with Crippen molar-refractivity contribution in [2.75, 3.05) is 30.7 Å². The minimum Gasteiger partial charge on any atom is -0.370 e. The second kappa shape index (κ2) is 7.11. The molecule has 3 rings (SSSR count). The van der Waals surface area contributed by atoms with Gasteiger partial charge in [0.15, 0.2) is 5.96 Å². The fourth-order valence-electron chi connectivity index (χ4n) is 3.35. The van der Waals surface area contributed by atoms with Crippen LogP contribution >= 0.6 is 0 Å². The van der Waals surface area contributed by atoms with E-state index in [1.54, 1.807) is 6.92 Å². The number of nitrogens with zero attached hydrogens (tertiary/aromatic N) is 2. The number of hydrogen-bond donors (Lipinski definition) is 2. The quantitative estimate of drug-likeness (QED) is 0.623. The molecule has 0 unspecified atom stereocenters. The highest BCUT2D eigenvalue weighted by atomic mass is 32.2. The molecule has 0 bridgehead atoms. The summed E-state index contributed by atoms with van der Waals surface area (Å²) in [5.41, 5.74) is 9.83. The lowest BCUT2D eigenvalue weighted by molar-refractivity contribution is 0.208. The second-order valence-corrected chi connectivity index (χ2v) is 8.84. The van der Waals surface area contributed by atoms with Gasteiger partial charge in [-0.3, -0.25) is 4.99 Å². The van der Waals surface area contributed by atoms with Gasteiger partial charge in [-0.2, -0.15) is 0 Å². The summed E-state index contributed by atoms with van der Waals surface area (Å²) < 4.78 is 24.9. The van der Waals surface area contributed by atoms with Gasteiger partial charge in [0.25, 0.3) is 0 Å². The Balaban J connectivity index is 1.55. The molecule has 1 aromatic carbocycles. The lowest BCUT2D eigenvalue weighted by Crippen LogP contribution is -2.51. The van der Waals surface area contributed by atoms with E-state index in [-0.39, 0.29) is 11.7 Å². The summed E-state index contributed by atoms with van der Waals surface area (Å²) in [6.45, 7) is 3.33. The Bertz CT molecular complexity index is 724. The van der Waals surface area contributed by atoms with E-state index in [2.05, 4.69) is 22.4 Å². The van der Waals surface area contributed by atoms with Crippen LogP contribution in [-0.2, 0) is 22.9 Å². The maximum Gasteiger partial charge on any atom is 0.213 e. The van der Waals surface area contributed by atoms with Gasteiger partial charge in [-0.05, 0) is 49.8 Å². The van der Waals surface area contributed by atoms with E-state index in [4.69, 9.17) is 5.73 Å². The maximum atomic E-state index is 11.7. The standard InChI is InChI=1S/C17H26N4O2S/c1-2-24(22,23)21-11-13(12-21)10-19-17(18)20-16-9-5-7-14-6-3-4-8-15(14)16/h5,7,9,13H,2-4,6,8,10-12H2,1H3,(H3,18,19,20). The van der Waals surface area contributed by atoms with E-state index in [0.29, 0.717) is 25.6 Å². The predicted octanol–water partition coefficient (Wildman–Crippen LogP) is 1.57. The van der Waals surface area contributed by atoms with E-state index < -0.39 is 10.0 Å². The number of aliphatic imine (C=N–C) groups is 1. The first kappa shape index (κ1) is 17.2. The van der Waals surface area contributed by atoms with Crippen LogP contribution in [0.3, 0.4) is 0 Å². The predicted molar refractivity (Wildman–Crippen MR) is 97.7 cm³/mol.